The molecule has 2 unspecified atom stereocenters. The van der Waals surface area contributed by atoms with Gasteiger partial charge in [-0.3, -0.25) is 4.79 Å². The molecule has 2 aliphatic carbocycles. The Morgan fingerprint density at radius 1 is 1.38 bits per heavy atom. The number of carbonyl (C=O) groups excluding carboxylic acids is 2. The van der Waals surface area contributed by atoms with E-state index in [0.29, 0.717) is 0 Å². The molecule has 0 amide bonds. The van der Waals surface area contributed by atoms with Crippen molar-refractivity contribution in [3.05, 3.63) is 12.2 Å². The summed E-state index contributed by atoms with van der Waals surface area (Å²) < 4.78 is 16.6. The van der Waals surface area contributed by atoms with Crippen molar-refractivity contribution >= 4 is 11.9 Å². The average Bonchev–Trinajstić information content (AvgIpc) is 2.86. The molecule has 3 aliphatic heterocycles. The fourth-order valence-corrected chi connectivity index (χ4v) is 5.59. The average molecular weight is 292 g/mol. The molecule has 1 N–H and O–H groups in total. The van der Waals surface area contributed by atoms with Gasteiger partial charge in [0.1, 0.15) is 12.2 Å². The van der Waals surface area contributed by atoms with E-state index in [1.807, 2.05) is 6.92 Å². The zero-order valence-electron chi connectivity index (χ0n) is 11.8. The zero-order chi connectivity index (χ0) is 14.9. The van der Waals surface area contributed by atoms with Crippen molar-refractivity contribution in [3.63, 3.8) is 0 Å². The van der Waals surface area contributed by atoms with Gasteiger partial charge in [0.05, 0.1) is 16.9 Å². The normalized spacial score (nSPS) is 62.0. The van der Waals surface area contributed by atoms with Gasteiger partial charge in [0.25, 0.3) is 0 Å². The van der Waals surface area contributed by atoms with Crippen LogP contribution < -0.4 is 0 Å². The predicted molar refractivity (Wildman–Crippen MR) is 66.8 cm³/mol. The SMILES string of the molecule is C=C(C)[C@@H]1[C@H]2OC(=O)[C@@H]1[C@]1(O)CC3O[C@]34C(=O)O[C@H]2C41C. The molecule has 6 heteroatoms. The lowest BCUT2D eigenvalue weighted by molar-refractivity contribution is -0.195. The lowest BCUT2D eigenvalue weighted by Crippen LogP contribution is -2.66. The molecule has 1 spiro atoms. The van der Waals surface area contributed by atoms with E-state index in [2.05, 4.69) is 6.58 Å². The quantitative estimate of drug-likeness (QED) is 0.414. The predicted octanol–water partition coefficient (Wildman–Crippen LogP) is -0.0620. The van der Waals surface area contributed by atoms with Crippen LogP contribution >= 0.6 is 0 Å². The molecule has 6 nitrogen and oxygen atoms in total. The second-order valence-electron chi connectivity index (χ2n) is 7.25. The van der Waals surface area contributed by atoms with Crippen LogP contribution in [0.15, 0.2) is 12.2 Å². The van der Waals surface area contributed by atoms with E-state index < -0.39 is 46.7 Å². The largest absolute Gasteiger partial charge is 0.457 e. The molecule has 5 fully saturated rings. The van der Waals surface area contributed by atoms with Gasteiger partial charge in [-0.2, -0.15) is 0 Å². The number of ether oxygens (including phenoxy) is 3. The number of esters is 2. The molecule has 5 aliphatic rings. The van der Waals surface area contributed by atoms with Gasteiger partial charge < -0.3 is 19.3 Å². The molecule has 21 heavy (non-hydrogen) atoms. The Kier molecular flexibility index (Phi) is 1.68. The first kappa shape index (κ1) is 12.2. The van der Waals surface area contributed by atoms with Crippen molar-refractivity contribution in [2.45, 2.75) is 49.8 Å². The lowest BCUT2D eigenvalue weighted by Gasteiger charge is -2.51. The standard InChI is InChI=1S/C15H16O6/c1-5(2)7-8-11(16)19-9(7)10-13(3)14(8,18)4-6-15(13,21-6)12(17)20-10/h6-10,18H,1,4H2,2-3H3/t6?,7-,8+,9+,10+,13?,14+,15-/m0/s1. The monoisotopic (exact) mass is 292 g/mol. The Bertz CT molecular complexity index is 642. The first-order valence-corrected chi connectivity index (χ1v) is 7.26. The molecule has 0 aromatic heterocycles. The second kappa shape index (κ2) is 2.90. The molecule has 112 valence electrons. The number of carbonyl (C=O) groups is 2. The Hall–Kier alpha value is -1.40. The van der Waals surface area contributed by atoms with Crippen molar-refractivity contribution in [2.24, 2.45) is 17.3 Å². The molecule has 8 atom stereocenters. The van der Waals surface area contributed by atoms with Crippen LogP contribution in [0, 0.1) is 17.3 Å². The Labute approximate surface area is 121 Å². The first-order chi connectivity index (χ1) is 9.79. The van der Waals surface area contributed by atoms with Gasteiger partial charge >= 0.3 is 11.9 Å². The summed E-state index contributed by atoms with van der Waals surface area (Å²) in [5.74, 6) is -1.86. The van der Waals surface area contributed by atoms with Gasteiger partial charge in [0, 0.05) is 12.3 Å². The minimum Gasteiger partial charge on any atom is -0.457 e. The lowest BCUT2D eigenvalue weighted by atomic mass is 9.53. The third-order valence-corrected chi connectivity index (χ3v) is 6.60. The third kappa shape index (κ3) is 0.874. The van der Waals surface area contributed by atoms with Crippen molar-refractivity contribution in [1.82, 2.24) is 0 Å². The summed E-state index contributed by atoms with van der Waals surface area (Å²) in [6, 6.07) is 0. The van der Waals surface area contributed by atoms with Crippen molar-refractivity contribution in [2.75, 3.05) is 0 Å². The van der Waals surface area contributed by atoms with E-state index in [1.54, 1.807) is 6.92 Å². The summed E-state index contributed by atoms with van der Waals surface area (Å²) in [5.41, 5.74) is -2.60. The molecule has 2 bridgehead atoms. The number of rotatable bonds is 1. The Morgan fingerprint density at radius 3 is 2.76 bits per heavy atom. The highest BCUT2D eigenvalue weighted by Crippen LogP contribution is 2.76. The summed E-state index contributed by atoms with van der Waals surface area (Å²) in [6.07, 6.45) is -1.34. The van der Waals surface area contributed by atoms with Crippen LogP contribution in [0.2, 0.25) is 0 Å². The molecule has 3 saturated heterocycles. The van der Waals surface area contributed by atoms with Crippen LogP contribution in [0.4, 0.5) is 0 Å². The van der Waals surface area contributed by atoms with Gasteiger partial charge in [-0.25, -0.2) is 4.79 Å². The summed E-state index contributed by atoms with van der Waals surface area (Å²) in [7, 11) is 0. The highest BCUT2D eigenvalue weighted by Gasteiger charge is 2.95. The molecule has 3 heterocycles. The van der Waals surface area contributed by atoms with Gasteiger partial charge in [0.2, 0.25) is 5.60 Å². The third-order valence-electron chi connectivity index (χ3n) is 6.60. The van der Waals surface area contributed by atoms with Crippen molar-refractivity contribution in [1.29, 1.82) is 0 Å². The van der Waals surface area contributed by atoms with Gasteiger partial charge in [-0.15, -0.1) is 0 Å². The van der Waals surface area contributed by atoms with Crippen LogP contribution in [0.5, 0.6) is 0 Å². The van der Waals surface area contributed by atoms with Crippen LogP contribution in [0.25, 0.3) is 0 Å². The number of hydrogen-bond donors (Lipinski definition) is 1. The number of fused-ring (bicyclic) bond motifs is 4. The van der Waals surface area contributed by atoms with Gasteiger partial charge in [0.15, 0.2) is 6.10 Å². The highest BCUT2D eigenvalue weighted by atomic mass is 16.7. The molecular weight excluding hydrogens is 276 g/mol. The smallest absolute Gasteiger partial charge is 0.342 e. The van der Waals surface area contributed by atoms with E-state index >= 15 is 0 Å². The number of epoxide rings is 1. The minimum atomic E-state index is -1.35. The summed E-state index contributed by atoms with van der Waals surface area (Å²) in [4.78, 5) is 24.7. The maximum Gasteiger partial charge on any atom is 0.342 e. The van der Waals surface area contributed by atoms with Crippen LogP contribution in [-0.4, -0.2) is 46.6 Å². The van der Waals surface area contributed by atoms with E-state index in [1.165, 1.54) is 0 Å². The summed E-state index contributed by atoms with van der Waals surface area (Å²) in [6.45, 7) is 7.55. The van der Waals surface area contributed by atoms with E-state index in [0.717, 1.165) is 5.57 Å². The second-order valence-corrected chi connectivity index (χ2v) is 7.25. The van der Waals surface area contributed by atoms with Crippen molar-refractivity contribution < 1.29 is 28.9 Å². The van der Waals surface area contributed by atoms with Gasteiger partial charge in [-0.1, -0.05) is 12.2 Å². The summed E-state index contributed by atoms with van der Waals surface area (Å²) >= 11 is 0. The summed E-state index contributed by atoms with van der Waals surface area (Å²) in [5, 5.41) is 11.4. The van der Waals surface area contributed by atoms with E-state index in [4.69, 9.17) is 14.2 Å². The molecular formula is C15H16O6. The highest BCUT2D eigenvalue weighted by molar-refractivity contribution is 5.91. The molecule has 0 aromatic carbocycles. The fourth-order valence-electron chi connectivity index (χ4n) is 5.59. The van der Waals surface area contributed by atoms with E-state index in [-0.39, 0.29) is 18.4 Å². The molecule has 0 aromatic rings. The van der Waals surface area contributed by atoms with Crippen LogP contribution in [-0.2, 0) is 23.8 Å². The first-order valence-electron chi connectivity index (χ1n) is 7.26. The van der Waals surface area contributed by atoms with Crippen LogP contribution in [0.1, 0.15) is 20.3 Å². The van der Waals surface area contributed by atoms with Crippen LogP contribution in [0.3, 0.4) is 0 Å². The maximum atomic E-state index is 12.3. The zero-order valence-corrected chi connectivity index (χ0v) is 11.8. The number of aliphatic hydroxyl groups is 1. The minimum absolute atomic E-state index is 0.269. The molecule has 0 radical (unpaired) electrons. The van der Waals surface area contributed by atoms with Crippen molar-refractivity contribution in [3.8, 4) is 0 Å². The van der Waals surface area contributed by atoms with Gasteiger partial charge in [-0.05, 0) is 13.8 Å². The fraction of sp³-hybridized carbons (Fsp3) is 0.733. The number of hydrogen-bond acceptors (Lipinski definition) is 6. The molecule has 2 saturated carbocycles. The molecule has 5 rings (SSSR count). The maximum absolute atomic E-state index is 12.3. The topological polar surface area (TPSA) is 85.4 Å². The van der Waals surface area contributed by atoms with E-state index in [9.17, 15) is 14.7 Å². The Morgan fingerprint density at radius 2 is 2.10 bits per heavy atom. The Balaban J connectivity index is 1.78.